The summed E-state index contributed by atoms with van der Waals surface area (Å²) >= 11 is 0. The number of aromatic nitrogens is 4. The molecule has 17 heavy (non-hydrogen) atoms. The first kappa shape index (κ1) is 11.0. The standard InChI is InChI=1S/C9H10N6O2/c1-5-8(15(16)17)7(12-9(10)11-5)6-3-4-14(2)13-6/h3-4H,1-2H3,(H2,10,11,12). The topological polar surface area (TPSA) is 113 Å². The second kappa shape index (κ2) is 3.81. The largest absolute Gasteiger partial charge is 0.368 e. The highest BCUT2D eigenvalue weighted by Crippen LogP contribution is 2.29. The predicted molar refractivity (Wildman–Crippen MR) is 60.0 cm³/mol. The highest BCUT2D eigenvalue weighted by atomic mass is 16.6. The van der Waals surface area contributed by atoms with Crippen molar-refractivity contribution < 1.29 is 4.92 Å². The second-order valence-electron chi connectivity index (χ2n) is 3.50. The quantitative estimate of drug-likeness (QED) is 0.603. The molecule has 0 unspecified atom stereocenters. The van der Waals surface area contributed by atoms with Crippen LogP contribution in [0.1, 0.15) is 5.69 Å². The predicted octanol–water partition coefficient (Wildman–Crippen LogP) is 0.676. The van der Waals surface area contributed by atoms with E-state index >= 15 is 0 Å². The fraction of sp³-hybridized carbons (Fsp3) is 0.222. The van der Waals surface area contributed by atoms with Crippen molar-refractivity contribution in [1.82, 2.24) is 19.7 Å². The van der Waals surface area contributed by atoms with Crippen LogP contribution >= 0.6 is 0 Å². The van der Waals surface area contributed by atoms with E-state index in [-0.39, 0.29) is 23.0 Å². The summed E-state index contributed by atoms with van der Waals surface area (Å²) in [6, 6.07) is 1.63. The summed E-state index contributed by atoms with van der Waals surface area (Å²) < 4.78 is 1.53. The maximum absolute atomic E-state index is 11.0. The van der Waals surface area contributed by atoms with Crippen LogP contribution in [0.5, 0.6) is 0 Å². The minimum atomic E-state index is -0.529. The molecule has 0 saturated heterocycles. The molecule has 0 radical (unpaired) electrons. The number of aryl methyl sites for hydroxylation is 2. The maximum Gasteiger partial charge on any atom is 0.318 e. The molecule has 2 N–H and O–H groups in total. The first-order valence-corrected chi connectivity index (χ1v) is 4.77. The fourth-order valence-electron chi connectivity index (χ4n) is 1.53. The molecule has 0 saturated carbocycles. The van der Waals surface area contributed by atoms with Gasteiger partial charge in [0.15, 0.2) is 5.69 Å². The molecule has 88 valence electrons. The lowest BCUT2D eigenvalue weighted by atomic mass is 10.2. The monoisotopic (exact) mass is 234 g/mol. The van der Waals surface area contributed by atoms with Crippen molar-refractivity contribution in [3.8, 4) is 11.4 Å². The summed E-state index contributed by atoms with van der Waals surface area (Å²) in [4.78, 5) is 18.1. The van der Waals surface area contributed by atoms with Gasteiger partial charge in [0, 0.05) is 13.2 Å². The number of anilines is 1. The van der Waals surface area contributed by atoms with Gasteiger partial charge in [-0.15, -0.1) is 0 Å². The summed E-state index contributed by atoms with van der Waals surface area (Å²) in [5, 5.41) is 15.1. The minimum Gasteiger partial charge on any atom is -0.368 e. The molecule has 0 aliphatic rings. The molecular weight excluding hydrogens is 224 g/mol. The number of nitrogen functional groups attached to an aromatic ring is 1. The van der Waals surface area contributed by atoms with Gasteiger partial charge in [0.1, 0.15) is 11.4 Å². The molecule has 0 fully saturated rings. The van der Waals surface area contributed by atoms with E-state index in [4.69, 9.17) is 5.73 Å². The lowest BCUT2D eigenvalue weighted by molar-refractivity contribution is -0.385. The summed E-state index contributed by atoms with van der Waals surface area (Å²) in [6.45, 7) is 1.52. The van der Waals surface area contributed by atoms with Crippen molar-refractivity contribution in [3.63, 3.8) is 0 Å². The summed E-state index contributed by atoms with van der Waals surface area (Å²) in [6.07, 6.45) is 1.67. The number of nitrogens with zero attached hydrogens (tertiary/aromatic N) is 5. The Kier molecular flexibility index (Phi) is 2.47. The summed E-state index contributed by atoms with van der Waals surface area (Å²) in [5.74, 6) is -0.00578. The van der Waals surface area contributed by atoms with Crippen LogP contribution in [0.2, 0.25) is 0 Å². The van der Waals surface area contributed by atoms with Gasteiger partial charge in [0.25, 0.3) is 0 Å². The third kappa shape index (κ3) is 1.92. The summed E-state index contributed by atoms with van der Waals surface area (Å²) in [5.41, 5.74) is 6.09. The van der Waals surface area contributed by atoms with E-state index in [0.717, 1.165) is 0 Å². The Labute approximate surface area is 96.3 Å². The molecule has 2 heterocycles. The zero-order valence-corrected chi connectivity index (χ0v) is 9.28. The average molecular weight is 234 g/mol. The van der Waals surface area contributed by atoms with Gasteiger partial charge in [-0.25, -0.2) is 9.97 Å². The van der Waals surface area contributed by atoms with Crippen molar-refractivity contribution in [2.45, 2.75) is 6.92 Å². The molecule has 2 aromatic rings. The molecular formula is C9H10N6O2. The zero-order valence-electron chi connectivity index (χ0n) is 9.28. The lowest BCUT2D eigenvalue weighted by Crippen LogP contribution is -2.05. The second-order valence-corrected chi connectivity index (χ2v) is 3.50. The number of rotatable bonds is 2. The van der Waals surface area contributed by atoms with E-state index in [1.165, 1.54) is 11.6 Å². The van der Waals surface area contributed by atoms with Crippen LogP contribution in [0.4, 0.5) is 11.6 Å². The van der Waals surface area contributed by atoms with Crippen LogP contribution in [0.25, 0.3) is 11.4 Å². The first-order chi connectivity index (χ1) is 7.99. The molecule has 8 heteroatoms. The van der Waals surface area contributed by atoms with Crippen molar-refractivity contribution >= 4 is 11.6 Å². The van der Waals surface area contributed by atoms with Gasteiger partial charge in [-0.3, -0.25) is 14.8 Å². The number of nitrogens with two attached hydrogens (primary N) is 1. The van der Waals surface area contributed by atoms with E-state index in [9.17, 15) is 10.1 Å². The molecule has 2 aromatic heterocycles. The van der Waals surface area contributed by atoms with E-state index in [1.54, 1.807) is 19.3 Å². The van der Waals surface area contributed by atoms with Gasteiger partial charge in [-0.1, -0.05) is 0 Å². The van der Waals surface area contributed by atoms with Crippen LogP contribution in [-0.4, -0.2) is 24.7 Å². The normalized spacial score (nSPS) is 10.5. The molecule has 0 aliphatic heterocycles. The van der Waals surface area contributed by atoms with Crippen molar-refractivity contribution in [2.24, 2.45) is 7.05 Å². The van der Waals surface area contributed by atoms with Crippen LogP contribution < -0.4 is 5.73 Å². The number of nitro groups is 1. The van der Waals surface area contributed by atoms with E-state index in [0.29, 0.717) is 5.69 Å². The Morgan fingerprint density at radius 1 is 1.47 bits per heavy atom. The third-order valence-electron chi connectivity index (χ3n) is 2.21. The average Bonchev–Trinajstić information content (AvgIpc) is 2.62. The first-order valence-electron chi connectivity index (χ1n) is 4.77. The Hall–Kier alpha value is -2.51. The van der Waals surface area contributed by atoms with E-state index in [1.807, 2.05) is 0 Å². The molecule has 0 spiro atoms. The van der Waals surface area contributed by atoms with Gasteiger partial charge in [0.2, 0.25) is 5.95 Å². The van der Waals surface area contributed by atoms with Gasteiger partial charge in [-0.2, -0.15) is 5.10 Å². The van der Waals surface area contributed by atoms with Crippen molar-refractivity contribution in [1.29, 1.82) is 0 Å². The molecule has 0 aromatic carbocycles. The highest BCUT2D eigenvalue weighted by Gasteiger charge is 2.24. The van der Waals surface area contributed by atoms with Crippen molar-refractivity contribution in [3.05, 3.63) is 28.1 Å². The summed E-state index contributed by atoms with van der Waals surface area (Å²) in [7, 11) is 1.72. The van der Waals surface area contributed by atoms with E-state index < -0.39 is 4.92 Å². The molecule has 8 nitrogen and oxygen atoms in total. The van der Waals surface area contributed by atoms with Gasteiger partial charge < -0.3 is 5.73 Å². The maximum atomic E-state index is 11.0. The number of hydrogen-bond donors (Lipinski definition) is 1. The molecule has 2 rings (SSSR count). The molecule has 0 amide bonds. The minimum absolute atomic E-state index is 0.00578. The Balaban J connectivity index is 2.71. The van der Waals surface area contributed by atoms with Gasteiger partial charge >= 0.3 is 5.69 Å². The van der Waals surface area contributed by atoms with E-state index in [2.05, 4.69) is 15.1 Å². The molecule has 0 aliphatic carbocycles. The Morgan fingerprint density at radius 2 is 2.18 bits per heavy atom. The number of hydrogen-bond acceptors (Lipinski definition) is 6. The fourth-order valence-corrected chi connectivity index (χ4v) is 1.53. The Morgan fingerprint density at radius 3 is 2.71 bits per heavy atom. The van der Waals surface area contributed by atoms with Crippen LogP contribution in [-0.2, 0) is 7.05 Å². The van der Waals surface area contributed by atoms with Crippen LogP contribution in [0.15, 0.2) is 12.3 Å². The molecule has 0 atom stereocenters. The third-order valence-corrected chi connectivity index (χ3v) is 2.21. The Bertz CT molecular complexity index is 591. The smallest absolute Gasteiger partial charge is 0.318 e. The molecule has 0 bridgehead atoms. The van der Waals surface area contributed by atoms with Gasteiger partial charge in [-0.05, 0) is 13.0 Å². The highest BCUT2D eigenvalue weighted by molar-refractivity contribution is 5.68. The van der Waals surface area contributed by atoms with Crippen LogP contribution in [0, 0.1) is 17.0 Å². The van der Waals surface area contributed by atoms with Crippen LogP contribution in [0.3, 0.4) is 0 Å². The van der Waals surface area contributed by atoms with Crippen molar-refractivity contribution in [2.75, 3.05) is 5.73 Å². The van der Waals surface area contributed by atoms with Gasteiger partial charge in [0.05, 0.1) is 4.92 Å². The zero-order chi connectivity index (χ0) is 12.6. The lowest BCUT2D eigenvalue weighted by Gasteiger charge is -2.02. The SMILES string of the molecule is Cc1nc(N)nc(-c2ccn(C)n2)c1[N+](=O)[O-].